The first-order valence-corrected chi connectivity index (χ1v) is 14.1. The van der Waals surface area contributed by atoms with Crippen LogP contribution in [-0.4, -0.2) is 65.7 Å². The molecule has 9 heteroatoms. The third-order valence-corrected chi connectivity index (χ3v) is 7.51. The van der Waals surface area contributed by atoms with Gasteiger partial charge in [0.1, 0.15) is 5.75 Å². The van der Waals surface area contributed by atoms with Gasteiger partial charge in [-0.1, -0.05) is 24.8 Å². The van der Waals surface area contributed by atoms with Crippen LogP contribution < -0.4 is 20.3 Å². The molecule has 0 spiro atoms. The van der Waals surface area contributed by atoms with Gasteiger partial charge in [0.05, 0.1) is 28.9 Å². The van der Waals surface area contributed by atoms with Crippen LogP contribution in [0.2, 0.25) is 0 Å². The molecule has 9 nitrogen and oxygen atoms in total. The maximum atomic E-state index is 12.4. The molecule has 2 aromatic carbocycles. The van der Waals surface area contributed by atoms with Crippen LogP contribution in [0.15, 0.2) is 67.5 Å². The number of benzene rings is 2. The lowest BCUT2D eigenvalue weighted by Crippen LogP contribution is -2.29. The Morgan fingerprint density at radius 3 is 2.66 bits per heavy atom. The number of rotatable bonds is 11. The number of para-hydroxylation sites is 1. The molecule has 0 radical (unpaired) electrons. The quantitative estimate of drug-likeness (QED) is 0.226. The van der Waals surface area contributed by atoms with E-state index in [-0.39, 0.29) is 12.0 Å². The van der Waals surface area contributed by atoms with Gasteiger partial charge in [-0.25, -0.2) is 9.97 Å². The second-order valence-electron chi connectivity index (χ2n) is 10.9. The molecule has 2 heterocycles. The third kappa shape index (κ3) is 6.52. The first kappa shape index (κ1) is 28.2. The Morgan fingerprint density at radius 2 is 1.90 bits per heavy atom. The minimum absolute atomic E-state index is 0.145. The van der Waals surface area contributed by atoms with Gasteiger partial charge in [0.25, 0.3) is 0 Å². The largest absolute Gasteiger partial charge is 0.488 e. The van der Waals surface area contributed by atoms with Gasteiger partial charge in [-0.2, -0.15) is 0 Å². The van der Waals surface area contributed by atoms with Crippen molar-refractivity contribution in [2.75, 3.05) is 49.8 Å². The predicted molar refractivity (Wildman–Crippen MR) is 167 cm³/mol. The smallest absolute Gasteiger partial charge is 0.247 e. The number of fused-ring (bicyclic) bond motifs is 1. The number of carbonyl (C=O) groups is 1. The lowest BCUT2D eigenvalue weighted by molar-refractivity contribution is -0.111. The lowest BCUT2D eigenvalue weighted by Gasteiger charge is -2.27. The van der Waals surface area contributed by atoms with Crippen molar-refractivity contribution < 1.29 is 9.53 Å². The van der Waals surface area contributed by atoms with E-state index >= 15 is 0 Å². The van der Waals surface area contributed by atoms with Gasteiger partial charge in [0.15, 0.2) is 0 Å². The van der Waals surface area contributed by atoms with Crippen LogP contribution in [0.4, 0.5) is 23.0 Å². The molecule has 1 fully saturated rings. The Bertz CT molecular complexity index is 1540. The number of carbonyl (C=O) groups excluding carboxylic acids is 1. The molecule has 1 saturated carbocycles. The molecular weight excluding hydrogens is 514 g/mol. The normalized spacial score (nSPS) is 13.5. The number of anilines is 4. The number of nitrogens with zero attached hydrogens (tertiary/aromatic N) is 5. The number of hydrogen-bond donors (Lipinski definition) is 2. The Morgan fingerprint density at radius 1 is 1.12 bits per heavy atom. The summed E-state index contributed by atoms with van der Waals surface area (Å²) in [6, 6.07) is 14.1. The molecule has 0 saturated heterocycles. The SMILES string of the molecule is C=CC(=O)Nc1cc(Nc2nccc(-c3cn(C)c4ccccc34)n2)c(OC2CCCC2)cc1N(C)CCN(C)C. The van der Waals surface area contributed by atoms with Gasteiger partial charge < -0.3 is 29.7 Å². The summed E-state index contributed by atoms with van der Waals surface area (Å²) in [5.74, 6) is 0.873. The first-order valence-electron chi connectivity index (χ1n) is 14.1. The van der Waals surface area contributed by atoms with Crippen molar-refractivity contribution in [3.63, 3.8) is 0 Å². The molecule has 2 N–H and O–H groups in total. The molecule has 0 unspecified atom stereocenters. The fourth-order valence-electron chi connectivity index (χ4n) is 5.26. The average molecular weight is 554 g/mol. The van der Waals surface area contributed by atoms with Crippen LogP contribution in [0.25, 0.3) is 22.2 Å². The molecule has 214 valence electrons. The zero-order valence-corrected chi connectivity index (χ0v) is 24.4. The van der Waals surface area contributed by atoms with Crippen molar-refractivity contribution in [2.24, 2.45) is 7.05 Å². The summed E-state index contributed by atoms with van der Waals surface area (Å²) >= 11 is 0. The number of ether oxygens (including phenoxy) is 1. The van der Waals surface area contributed by atoms with E-state index in [2.05, 4.69) is 54.9 Å². The van der Waals surface area contributed by atoms with Crippen LogP contribution in [0.5, 0.6) is 5.75 Å². The Balaban J connectivity index is 1.54. The van der Waals surface area contributed by atoms with Crippen molar-refractivity contribution in [1.29, 1.82) is 0 Å². The van der Waals surface area contributed by atoms with Crippen molar-refractivity contribution in [3.05, 3.63) is 67.5 Å². The van der Waals surface area contributed by atoms with E-state index in [1.54, 1.807) is 6.20 Å². The van der Waals surface area contributed by atoms with Crippen molar-refractivity contribution >= 4 is 39.8 Å². The number of nitrogens with one attached hydrogen (secondary N) is 2. The first-order chi connectivity index (χ1) is 19.8. The summed E-state index contributed by atoms with van der Waals surface area (Å²) in [6.07, 6.45) is 9.63. The third-order valence-electron chi connectivity index (χ3n) is 7.51. The van der Waals surface area contributed by atoms with E-state index in [4.69, 9.17) is 9.72 Å². The summed E-state index contributed by atoms with van der Waals surface area (Å²) in [7, 11) is 8.14. The summed E-state index contributed by atoms with van der Waals surface area (Å²) in [5.41, 5.74) is 5.20. The van der Waals surface area contributed by atoms with Crippen molar-refractivity contribution in [3.8, 4) is 17.0 Å². The molecule has 0 bridgehead atoms. The molecule has 1 aliphatic carbocycles. The molecule has 41 heavy (non-hydrogen) atoms. The van der Waals surface area contributed by atoms with E-state index in [0.29, 0.717) is 23.1 Å². The Kier molecular flexibility index (Phi) is 8.54. The molecule has 0 atom stereocenters. The summed E-state index contributed by atoms with van der Waals surface area (Å²) in [6.45, 7) is 5.27. The summed E-state index contributed by atoms with van der Waals surface area (Å²) in [5, 5.41) is 7.52. The molecule has 2 aromatic heterocycles. The van der Waals surface area contributed by atoms with Crippen LogP contribution in [0, 0.1) is 0 Å². The lowest BCUT2D eigenvalue weighted by atomic mass is 10.1. The fourth-order valence-corrected chi connectivity index (χ4v) is 5.26. The van der Waals surface area contributed by atoms with Gasteiger partial charge in [-0.05, 0) is 64.1 Å². The second kappa shape index (κ2) is 12.4. The maximum absolute atomic E-state index is 12.4. The number of hydrogen-bond acceptors (Lipinski definition) is 7. The fraction of sp³-hybridized carbons (Fsp3) is 0.344. The van der Waals surface area contributed by atoms with E-state index < -0.39 is 0 Å². The van der Waals surface area contributed by atoms with Crippen LogP contribution in [0.1, 0.15) is 25.7 Å². The van der Waals surface area contributed by atoms with Crippen LogP contribution in [-0.2, 0) is 11.8 Å². The van der Waals surface area contributed by atoms with Crippen molar-refractivity contribution in [2.45, 2.75) is 31.8 Å². The van der Waals surface area contributed by atoms with E-state index in [0.717, 1.165) is 66.6 Å². The zero-order valence-electron chi connectivity index (χ0n) is 24.4. The highest BCUT2D eigenvalue weighted by Crippen LogP contribution is 2.40. The van der Waals surface area contributed by atoms with Gasteiger partial charge in [0, 0.05) is 62.1 Å². The zero-order chi connectivity index (χ0) is 28.9. The van der Waals surface area contributed by atoms with Crippen LogP contribution >= 0.6 is 0 Å². The maximum Gasteiger partial charge on any atom is 0.247 e. The molecule has 4 aromatic rings. The van der Waals surface area contributed by atoms with Gasteiger partial charge >= 0.3 is 0 Å². The predicted octanol–water partition coefficient (Wildman–Crippen LogP) is 5.82. The van der Waals surface area contributed by atoms with Crippen molar-refractivity contribution in [1.82, 2.24) is 19.4 Å². The molecule has 0 aliphatic heterocycles. The number of aromatic nitrogens is 3. The standard InChI is InChI=1S/C32H39N7O2/c1-6-31(40)34-26-19-27(30(41-22-11-7-8-12-22)20-29(26)38(4)18-17-37(2)3)36-32-33-16-15-25(35-32)24-21-39(5)28-14-10-9-13-23(24)28/h6,9-10,13-16,19-22H,1,7-8,11-12,17-18H2,2-5H3,(H,34,40)(H,33,35,36). The van der Waals surface area contributed by atoms with E-state index in [1.807, 2.05) is 58.5 Å². The summed E-state index contributed by atoms with van der Waals surface area (Å²) < 4.78 is 8.67. The van der Waals surface area contributed by atoms with Crippen LogP contribution in [0.3, 0.4) is 0 Å². The van der Waals surface area contributed by atoms with E-state index in [1.165, 1.54) is 6.08 Å². The summed E-state index contributed by atoms with van der Waals surface area (Å²) in [4.78, 5) is 26.1. The van der Waals surface area contributed by atoms with Gasteiger partial charge in [0.2, 0.25) is 11.9 Å². The number of aryl methyl sites for hydroxylation is 1. The second-order valence-corrected chi connectivity index (χ2v) is 10.9. The molecule has 5 rings (SSSR count). The monoisotopic (exact) mass is 553 g/mol. The number of likely N-dealkylation sites (N-methyl/N-ethyl adjacent to an activating group) is 2. The van der Waals surface area contributed by atoms with Gasteiger partial charge in [-0.3, -0.25) is 4.79 Å². The molecular formula is C32H39N7O2. The highest BCUT2D eigenvalue weighted by molar-refractivity contribution is 6.02. The average Bonchev–Trinajstić information content (AvgIpc) is 3.61. The molecule has 1 amide bonds. The van der Waals surface area contributed by atoms with Gasteiger partial charge in [-0.15, -0.1) is 0 Å². The Labute approximate surface area is 241 Å². The highest BCUT2D eigenvalue weighted by Gasteiger charge is 2.22. The minimum Gasteiger partial charge on any atom is -0.488 e. The topological polar surface area (TPSA) is 87.5 Å². The molecule has 1 aliphatic rings. The minimum atomic E-state index is -0.281. The number of amides is 1. The van der Waals surface area contributed by atoms with E-state index in [9.17, 15) is 4.79 Å². The Hall–Kier alpha value is -4.37. The highest BCUT2D eigenvalue weighted by atomic mass is 16.5.